The normalized spacial score (nSPS) is 11.1. The molecule has 7 heteroatoms. The lowest BCUT2D eigenvalue weighted by Crippen LogP contribution is -2.27. The van der Waals surface area contributed by atoms with Gasteiger partial charge in [-0.3, -0.25) is 19.0 Å². The van der Waals surface area contributed by atoms with Gasteiger partial charge in [0.15, 0.2) is 0 Å². The number of hydrogen-bond acceptors (Lipinski definition) is 4. The van der Waals surface area contributed by atoms with Crippen LogP contribution in [-0.4, -0.2) is 20.4 Å². The SMILES string of the molecule is CCCc1cc(=O)[nH]c2cc(NC(=O)Cn3cnc4ccccc4c3=O)ccc12. The van der Waals surface area contributed by atoms with E-state index in [0.29, 0.717) is 22.1 Å². The Morgan fingerprint density at radius 1 is 1.10 bits per heavy atom. The zero-order chi connectivity index (χ0) is 20.4. The van der Waals surface area contributed by atoms with Gasteiger partial charge >= 0.3 is 0 Å². The van der Waals surface area contributed by atoms with Crippen LogP contribution in [0.3, 0.4) is 0 Å². The van der Waals surface area contributed by atoms with Crippen molar-refractivity contribution in [2.24, 2.45) is 0 Å². The highest BCUT2D eigenvalue weighted by Gasteiger charge is 2.10. The number of carbonyl (C=O) groups is 1. The quantitative estimate of drug-likeness (QED) is 0.549. The van der Waals surface area contributed by atoms with Gasteiger partial charge in [-0.25, -0.2) is 4.98 Å². The monoisotopic (exact) mass is 388 g/mol. The first-order valence-electron chi connectivity index (χ1n) is 9.45. The second-order valence-electron chi connectivity index (χ2n) is 6.91. The van der Waals surface area contributed by atoms with Gasteiger partial charge in [-0.15, -0.1) is 0 Å². The molecule has 0 fully saturated rings. The smallest absolute Gasteiger partial charge is 0.261 e. The van der Waals surface area contributed by atoms with Crippen molar-refractivity contribution in [2.75, 3.05) is 5.32 Å². The van der Waals surface area contributed by atoms with Crippen LogP contribution in [0.4, 0.5) is 5.69 Å². The van der Waals surface area contributed by atoms with Crippen LogP contribution in [0, 0.1) is 0 Å². The van der Waals surface area contributed by atoms with Crippen LogP contribution < -0.4 is 16.4 Å². The van der Waals surface area contributed by atoms with Crippen molar-refractivity contribution in [1.82, 2.24) is 14.5 Å². The summed E-state index contributed by atoms with van der Waals surface area (Å²) in [5.74, 6) is -0.351. The number of anilines is 1. The predicted octanol–water partition coefficient (Wildman–Crippen LogP) is 2.83. The molecule has 0 aliphatic rings. The van der Waals surface area contributed by atoms with E-state index >= 15 is 0 Å². The molecule has 0 unspecified atom stereocenters. The second-order valence-corrected chi connectivity index (χ2v) is 6.91. The summed E-state index contributed by atoms with van der Waals surface area (Å²) >= 11 is 0. The van der Waals surface area contributed by atoms with Crippen molar-refractivity contribution in [3.8, 4) is 0 Å². The fraction of sp³-hybridized carbons (Fsp3) is 0.182. The standard InChI is InChI=1S/C22H20N4O3/c1-2-5-14-10-20(27)25-19-11-15(8-9-16(14)19)24-21(28)12-26-13-23-18-7-4-3-6-17(18)22(26)29/h3-4,6-11,13H,2,5,12H2,1H3,(H,24,28)(H,25,27). The van der Waals surface area contributed by atoms with Crippen molar-refractivity contribution in [2.45, 2.75) is 26.3 Å². The Morgan fingerprint density at radius 2 is 1.93 bits per heavy atom. The van der Waals surface area contributed by atoms with E-state index in [9.17, 15) is 14.4 Å². The third kappa shape index (κ3) is 3.80. The van der Waals surface area contributed by atoms with Crippen LogP contribution >= 0.6 is 0 Å². The van der Waals surface area contributed by atoms with Gasteiger partial charge in [0.05, 0.1) is 22.7 Å². The van der Waals surface area contributed by atoms with Crippen LogP contribution in [0.1, 0.15) is 18.9 Å². The molecule has 0 saturated heterocycles. The van der Waals surface area contributed by atoms with E-state index in [2.05, 4.69) is 22.2 Å². The number of aromatic nitrogens is 3. The summed E-state index contributed by atoms with van der Waals surface area (Å²) in [6, 6.07) is 14.0. The zero-order valence-corrected chi connectivity index (χ0v) is 15.9. The van der Waals surface area contributed by atoms with Crippen molar-refractivity contribution in [3.63, 3.8) is 0 Å². The highest BCUT2D eigenvalue weighted by molar-refractivity contribution is 5.94. The predicted molar refractivity (Wildman–Crippen MR) is 113 cm³/mol. The van der Waals surface area contributed by atoms with E-state index in [1.54, 1.807) is 36.4 Å². The van der Waals surface area contributed by atoms with Gasteiger partial charge in [-0.1, -0.05) is 31.5 Å². The Kier molecular flexibility index (Phi) is 4.95. The number of pyridine rings is 1. The number of para-hydroxylation sites is 1. The van der Waals surface area contributed by atoms with Gasteiger partial charge < -0.3 is 10.3 Å². The topological polar surface area (TPSA) is 96.8 Å². The lowest BCUT2D eigenvalue weighted by molar-refractivity contribution is -0.116. The Hall–Kier alpha value is -3.74. The number of aromatic amines is 1. The van der Waals surface area contributed by atoms with E-state index in [1.165, 1.54) is 10.9 Å². The molecular weight excluding hydrogens is 368 g/mol. The molecule has 2 N–H and O–H groups in total. The maximum atomic E-state index is 12.5. The fourth-order valence-corrected chi connectivity index (χ4v) is 3.46. The van der Waals surface area contributed by atoms with Gasteiger partial charge in [0.25, 0.3) is 5.56 Å². The molecule has 0 aliphatic carbocycles. The average Bonchev–Trinajstić information content (AvgIpc) is 2.70. The number of amides is 1. The van der Waals surface area contributed by atoms with Crippen LogP contribution in [0.25, 0.3) is 21.8 Å². The molecule has 0 spiro atoms. The van der Waals surface area contributed by atoms with E-state index in [-0.39, 0.29) is 23.6 Å². The van der Waals surface area contributed by atoms with Crippen LogP contribution in [-0.2, 0) is 17.8 Å². The second kappa shape index (κ2) is 7.71. The molecule has 7 nitrogen and oxygen atoms in total. The molecule has 146 valence electrons. The molecule has 4 aromatic rings. The minimum atomic E-state index is -0.351. The summed E-state index contributed by atoms with van der Waals surface area (Å²) < 4.78 is 1.28. The average molecular weight is 388 g/mol. The molecule has 0 bridgehead atoms. The van der Waals surface area contributed by atoms with Crippen molar-refractivity contribution < 1.29 is 4.79 Å². The number of carbonyl (C=O) groups excluding carboxylic acids is 1. The third-order valence-corrected chi connectivity index (χ3v) is 4.78. The molecule has 0 radical (unpaired) electrons. The van der Waals surface area contributed by atoms with Gasteiger partial charge in [-0.2, -0.15) is 0 Å². The van der Waals surface area contributed by atoms with Gasteiger partial charge in [-0.05, 0) is 36.2 Å². The minimum absolute atomic E-state index is 0.152. The number of aryl methyl sites for hydroxylation is 1. The lowest BCUT2D eigenvalue weighted by Gasteiger charge is -2.10. The highest BCUT2D eigenvalue weighted by atomic mass is 16.2. The molecule has 0 atom stereocenters. The van der Waals surface area contributed by atoms with Crippen LogP contribution in [0.15, 0.2) is 64.4 Å². The molecule has 0 aliphatic heterocycles. The highest BCUT2D eigenvalue weighted by Crippen LogP contribution is 2.20. The lowest BCUT2D eigenvalue weighted by atomic mass is 10.0. The van der Waals surface area contributed by atoms with E-state index < -0.39 is 0 Å². The number of H-pyrrole nitrogens is 1. The molecular formula is C22H20N4O3. The van der Waals surface area contributed by atoms with Gasteiger partial charge in [0.2, 0.25) is 11.5 Å². The van der Waals surface area contributed by atoms with Crippen LogP contribution in [0.5, 0.6) is 0 Å². The first-order chi connectivity index (χ1) is 14.0. The Labute approximate surface area is 166 Å². The van der Waals surface area contributed by atoms with E-state index in [1.807, 2.05) is 12.1 Å². The number of nitrogens with one attached hydrogen (secondary N) is 2. The Morgan fingerprint density at radius 3 is 2.76 bits per heavy atom. The van der Waals surface area contributed by atoms with Crippen molar-refractivity contribution >= 4 is 33.4 Å². The molecule has 0 saturated carbocycles. The Balaban J connectivity index is 1.58. The first kappa shape index (κ1) is 18.6. The molecule has 4 rings (SSSR count). The number of benzene rings is 2. The molecule has 29 heavy (non-hydrogen) atoms. The number of nitrogens with zero attached hydrogens (tertiary/aromatic N) is 2. The van der Waals surface area contributed by atoms with Gasteiger partial charge in [0.1, 0.15) is 6.54 Å². The number of fused-ring (bicyclic) bond motifs is 2. The van der Waals surface area contributed by atoms with Crippen molar-refractivity contribution in [3.05, 3.63) is 81.1 Å². The molecule has 2 aromatic carbocycles. The largest absolute Gasteiger partial charge is 0.324 e. The van der Waals surface area contributed by atoms with Gasteiger partial charge in [0, 0.05) is 17.1 Å². The maximum Gasteiger partial charge on any atom is 0.261 e. The summed E-state index contributed by atoms with van der Waals surface area (Å²) in [4.78, 5) is 43.9. The summed E-state index contributed by atoms with van der Waals surface area (Å²) in [5.41, 5.74) is 2.36. The Bertz CT molecular complexity index is 1340. The summed E-state index contributed by atoms with van der Waals surface area (Å²) in [6.07, 6.45) is 3.12. The van der Waals surface area contributed by atoms with Crippen molar-refractivity contribution in [1.29, 1.82) is 0 Å². The third-order valence-electron chi connectivity index (χ3n) is 4.78. The molecule has 2 aromatic heterocycles. The van der Waals surface area contributed by atoms with Crippen LogP contribution in [0.2, 0.25) is 0 Å². The fourth-order valence-electron chi connectivity index (χ4n) is 3.46. The van der Waals surface area contributed by atoms with E-state index in [4.69, 9.17) is 0 Å². The number of rotatable bonds is 5. The first-order valence-corrected chi connectivity index (χ1v) is 9.45. The summed E-state index contributed by atoms with van der Waals surface area (Å²) in [7, 11) is 0. The molecule has 1 amide bonds. The summed E-state index contributed by atoms with van der Waals surface area (Å²) in [6.45, 7) is 1.91. The summed E-state index contributed by atoms with van der Waals surface area (Å²) in [5, 5.41) is 4.21. The maximum absolute atomic E-state index is 12.5. The number of hydrogen-bond donors (Lipinski definition) is 2. The minimum Gasteiger partial charge on any atom is -0.324 e. The zero-order valence-electron chi connectivity index (χ0n) is 15.9. The molecule has 2 heterocycles. The van der Waals surface area contributed by atoms with E-state index in [0.717, 1.165) is 23.8 Å².